The Morgan fingerprint density at radius 3 is 3.00 bits per heavy atom. The van der Waals surface area contributed by atoms with Crippen LogP contribution in [0, 0.1) is 0 Å². The van der Waals surface area contributed by atoms with Gasteiger partial charge in [0, 0.05) is 24.4 Å². The predicted molar refractivity (Wildman–Crippen MR) is 98.9 cm³/mol. The summed E-state index contributed by atoms with van der Waals surface area (Å²) in [6.45, 7) is 3.83. The van der Waals surface area contributed by atoms with Crippen molar-refractivity contribution in [2.75, 3.05) is 13.1 Å². The Bertz CT molecular complexity index is 452. The number of ether oxygens (including phenoxy) is 1. The topological polar surface area (TPSA) is 45.7 Å². The van der Waals surface area contributed by atoms with Crippen molar-refractivity contribution in [3.63, 3.8) is 0 Å². The minimum Gasteiger partial charge on any atom is -0.373 e. The monoisotopic (exact) mass is 421 g/mol. The van der Waals surface area contributed by atoms with E-state index in [1.54, 1.807) is 11.3 Å². The highest BCUT2D eigenvalue weighted by Gasteiger charge is 2.41. The molecule has 2 aliphatic rings. The first kappa shape index (κ1) is 17.0. The summed E-state index contributed by atoms with van der Waals surface area (Å²) in [4.78, 5) is 6.08. The number of rotatable bonds is 5. The Morgan fingerprint density at radius 1 is 1.48 bits per heavy atom. The molecule has 0 aromatic carbocycles. The van der Waals surface area contributed by atoms with Gasteiger partial charge < -0.3 is 15.4 Å². The highest BCUT2D eigenvalue weighted by Crippen LogP contribution is 2.34. The number of fused-ring (bicyclic) bond motifs is 2. The molecule has 6 heteroatoms. The SMILES string of the molecule is CCNC(=NCCc1cccs1)NC1CC2CCC1O2.I. The van der Waals surface area contributed by atoms with Gasteiger partial charge in [-0.05, 0) is 37.6 Å². The summed E-state index contributed by atoms with van der Waals surface area (Å²) in [7, 11) is 0. The van der Waals surface area contributed by atoms with E-state index in [1.165, 1.54) is 17.7 Å². The van der Waals surface area contributed by atoms with Gasteiger partial charge in [-0.2, -0.15) is 0 Å². The summed E-state index contributed by atoms with van der Waals surface area (Å²) in [6.07, 6.45) is 5.43. The average molecular weight is 421 g/mol. The molecule has 4 nitrogen and oxygen atoms in total. The van der Waals surface area contributed by atoms with E-state index in [0.717, 1.165) is 31.9 Å². The molecular formula is C15H24IN3OS. The summed E-state index contributed by atoms with van der Waals surface area (Å²) in [6, 6.07) is 4.71. The maximum Gasteiger partial charge on any atom is 0.191 e. The van der Waals surface area contributed by atoms with E-state index in [0.29, 0.717) is 18.2 Å². The molecule has 0 saturated carbocycles. The maximum absolute atomic E-state index is 5.88. The quantitative estimate of drug-likeness (QED) is 0.437. The van der Waals surface area contributed by atoms with Gasteiger partial charge in [-0.3, -0.25) is 4.99 Å². The van der Waals surface area contributed by atoms with Gasteiger partial charge in [0.1, 0.15) is 0 Å². The summed E-state index contributed by atoms with van der Waals surface area (Å²) >= 11 is 1.80. The second kappa shape index (κ2) is 8.33. The third-order valence-corrected chi connectivity index (χ3v) is 4.92. The molecular weight excluding hydrogens is 397 g/mol. The lowest BCUT2D eigenvalue weighted by atomic mass is 9.96. The summed E-state index contributed by atoms with van der Waals surface area (Å²) in [5.74, 6) is 0.935. The van der Waals surface area contributed by atoms with Crippen molar-refractivity contribution in [3.8, 4) is 0 Å². The van der Waals surface area contributed by atoms with Crippen LogP contribution in [0.15, 0.2) is 22.5 Å². The van der Waals surface area contributed by atoms with Gasteiger partial charge in [0.15, 0.2) is 5.96 Å². The number of hydrogen-bond donors (Lipinski definition) is 2. The predicted octanol–water partition coefficient (Wildman–Crippen LogP) is 2.78. The van der Waals surface area contributed by atoms with Crippen LogP contribution >= 0.6 is 35.3 Å². The second-order valence-corrected chi connectivity index (χ2v) is 6.48. The van der Waals surface area contributed by atoms with Crippen LogP contribution < -0.4 is 10.6 Å². The fourth-order valence-corrected chi connectivity index (χ4v) is 3.72. The fourth-order valence-electron chi connectivity index (χ4n) is 3.02. The van der Waals surface area contributed by atoms with Crippen LogP contribution in [-0.2, 0) is 11.2 Å². The highest BCUT2D eigenvalue weighted by molar-refractivity contribution is 14.0. The molecule has 3 atom stereocenters. The van der Waals surface area contributed by atoms with Gasteiger partial charge >= 0.3 is 0 Å². The van der Waals surface area contributed by atoms with Gasteiger partial charge in [0.05, 0.1) is 18.2 Å². The first-order chi connectivity index (χ1) is 9.85. The lowest BCUT2D eigenvalue weighted by molar-refractivity contribution is 0.0992. The van der Waals surface area contributed by atoms with Crippen molar-refractivity contribution in [1.82, 2.24) is 10.6 Å². The number of nitrogens with zero attached hydrogens (tertiary/aromatic N) is 1. The van der Waals surface area contributed by atoms with Gasteiger partial charge in [0.2, 0.25) is 0 Å². The van der Waals surface area contributed by atoms with E-state index in [9.17, 15) is 0 Å². The number of guanidine groups is 1. The molecule has 3 heterocycles. The van der Waals surface area contributed by atoms with E-state index in [2.05, 4.69) is 40.1 Å². The number of halogens is 1. The van der Waals surface area contributed by atoms with Crippen LogP contribution in [0.4, 0.5) is 0 Å². The Balaban J connectivity index is 0.00000161. The zero-order valence-electron chi connectivity index (χ0n) is 12.4. The van der Waals surface area contributed by atoms with Crippen LogP contribution in [0.25, 0.3) is 0 Å². The van der Waals surface area contributed by atoms with Crippen LogP contribution in [0.1, 0.15) is 31.1 Å². The van der Waals surface area contributed by atoms with Crippen LogP contribution in [0.2, 0.25) is 0 Å². The van der Waals surface area contributed by atoms with Crippen LogP contribution in [0.3, 0.4) is 0 Å². The number of thiophene rings is 1. The van der Waals surface area contributed by atoms with Crippen molar-refractivity contribution in [2.45, 2.75) is 50.9 Å². The molecule has 2 N–H and O–H groups in total. The summed E-state index contributed by atoms with van der Waals surface area (Å²) in [5, 5.41) is 9.00. The lowest BCUT2D eigenvalue weighted by Crippen LogP contribution is -2.47. The van der Waals surface area contributed by atoms with Gasteiger partial charge in [0.25, 0.3) is 0 Å². The van der Waals surface area contributed by atoms with Gasteiger partial charge in [-0.1, -0.05) is 6.07 Å². The lowest BCUT2D eigenvalue weighted by Gasteiger charge is -2.22. The Kier molecular flexibility index (Phi) is 6.75. The normalized spacial score (nSPS) is 27.5. The molecule has 3 unspecified atom stereocenters. The molecule has 1 aromatic rings. The van der Waals surface area contributed by atoms with Crippen molar-refractivity contribution in [3.05, 3.63) is 22.4 Å². The van der Waals surface area contributed by atoms with Crippen LogP contribution in [-0.4, -0.2) is 37.3 Å². The third-order valence-electron chi connectivity index (χ3n) is 3.98. The number of aliphatic imine (C=N–C) groups is 1. The summed E-state index contributed by atoms with van der Waals surface area (Å²) in [5.41, 5.74) is 0. The van der Waals surface area contributed by atoms with E-state index in [1.807, 2.05) is 0 Å². The van der Waals surface area contributed by atoms with Gasteiger partial charge in [-0.25, -0.2) is 0 Å². The van der Waals surface area contributed by atoms with Crippen molar-refractivity contribution >= 4 is 41.3 Å². The molecule has 0 aliphatic carbocycles. The van der Waals surface area contributed by atoms with Gasteiger partial charge in [-0.15, -0.1) is 35.3 Å². The molecule has 0 amide bonds. The smallest absolute Gasteiger partial charge is 0.191 e. The molecule has 1 aromatic heterocycles. The molecule has 2 fully saturated rings. The van der Waals surface area contributed by atoms with E-state index in [4.69, 9.17) is 4.74 Å². The molecule has 118 valence electrons. The molecule has 0 spiro atoms. The van der Waals surface area contributed by atoms with Crippen molar-refractivity contribution in [1.29, 1.82) is 0 Å². The fraction of sp³-hybridized carbons (Fsp3) is 0.667. The molecule has 21 heavy (non-hydrogen) atoms. The average Bonchev–Trinajstić information content (AvgIpc) is 3.16. The zero-order valence-corrected chi connectivity index (χ0v) is 15.5. The highest BCUT2D eigenvalue weighted by atomic mass is 127. The Morgan fingerprint density at radius 2 is 2.38 bits per heavy atom. The molecule has 2 aliphatic heterocycles. The van der Waals surface area contributed by atoms with Crippen molar-refractivity contribution in [2.24, 2.45) is 4.99 Å². The van der Waals surface area contributed by atoms with Crippen LogP contribution in [0.5, 0.6) is 0 Å². The van der Waals surface area contributed by atoms with E-state index >= 15 is 0 Å². The maximum atomic E-state index is 5.88. The molecule has 2 bridgehead atoms. The van der Waals surface area contributed by atoms with Crippen molar-refractivity contribution < 1.29 is 4.74 Å². The largest absolute Gasteiger partial charge is 0.373 e. The molecule has 3 rings (SSSR count). The summed E-state index contributed by atoms with van der Waals surface area (Å²) < 4.78 is 5.88. The third kappa shape index (κ3) is 4.56. The first-order valence-corrected chi connectivity index (χ1v) is 8.46. The Hall–Kier alpha value is -0.340. The number of nitrogens with one attached hydrogen (secondary N) is 2. The molecule has 0 radical (unpaired) electrons. The minimum absolute atomic E-state index is 0. The second-order valence-electron chi connectivity index (χ2n) is 5.45. The zero-order chi connectivity index (χ0) is 13.8. The standard InChI is InChI=1S/C15H23N3OS.HI/c1-2-16-15(17-8-7-12-4-3-9-20-12)18-13-10-11-5-6-14(13)19-11;/h3-4,9,11,13-14H,2,5-8,10H2,1H3,(H2,16,17,18);1H. The minimum atomic E-state index is 0. The van der Waals surface area contributed by atoms with E-state index < -0.39 is 0 Å². The molecule has 2 saturated heterocycles. The number of hydrogen-bond acceptors (Lipinski definition) is 3. The Labute approximate surface area is 147 Å². The van der Waals surface area contributed by atoms with E-state index in [-0.39, 0.29) is 24.0 Å². The first-order valence-electron chi connectivity index (χ1n) is 7.58.